The van der Waals surface area contributed by atoms with E-state index in [2.05, 4.69) is 5.32 Å². The minimum Gasteiger partial charge on any atom is -0.449 e. The van der Waals surface area contributed by atoms with E-state index in [9.17, 15) is 22.4 Å². The van der Waals surface area contributed by atoms with Crippen molar-refractivity contribution in [1.29, 1.82) is 0 Å². The topological polar surface area (TPSA) is 89.5 Å². The van der Waals surface area contributed by atoms with E-state index in [-0.39, 0.29) is 17.0 Å². The summed E-state index contributed by atoms with van der Waals surface area (Å²) in [6.07, 6.45) is -0.0248. The van der Waals surface area contributed by atoms with Crippen molar-refractivity contribution in [1.82, 2.24) is 0 Å². The number of anilines is 1. The lowest BCUT2D eigenvalue weighted by Crippen LogP contribution is -2.30. The Morgan fingerprint density at radius 3 is 2.31 bits per heavy atom. The molecule has 2 aromatic carbocycles. The number of rotatable bonds is 6. The number of ether oxygens (including phenoxy) is 1. The van der Waals surface area contributed by atoms with Crippen LogP contribution in [0.4, 0.5) is 10.1 Å². The molecule has 138 valence electrons. The van der Waals surface area contributed by atoms with Crippen LogP contribution in [0, 0.1) is 5.82 Å². The van der Waals surface area contributed by atoms with Gasteiger partial charge in [-0.3, -0.25) is 4.79 Å². The number of carbonyl (C=O) groups is 2. The quantitative estimate of drug-likeness (QED) is 0.779. The highest BCUT2D eigenvalue weighted by molar-refractivity contribution is 7.89. The second-order valence-electron chi connectivity index (χ2n) is 5.78. The van der Waals surface area contributed by atoms with Crippen LogP contribution >= 0.6 is 0 Å². The van der Waals surface area contributed by atoms with Crippen molar-refractivity contribution in [2.24, 2.45) is 0 Å². The average molecular weight is 379 g/mol. The van der Waals surface area contributed by atoms with Gasteiger partial charge in [0.25, 0.3) is 5.91 Å². The fourth-order valence-corrected chi connectivity index (χ4v) is 2.92. The Balaban J connectivity index is 1.98. The molecule has 6 nitrogen and oxygen atoms in total. The Morgan fingerprint density at radius 1 is 1.12 bits per heavy atom. The fourth-order valence-electron chi connectivity index (χ4n) is 2.12. The summed E-state index contributed by atoms with van der Waals surface area (Å²) in [5.41, 5.74) is 0.702. The van der Waals surface area contributed by atoms with Crippen molar-refractivity contribution in [3.8, 4) is 0 Å². The summed E-state index contributed by atoms with van der Waals surface area (Å²) >= 11 is 0. The van der Waals surface area contributed by atoms with E-state index in [1.165, 1.54) is 49.4 Å². The normalized spacial score (nSPS) is 12.3. The molecule has 26 heavy (non-hydrogen) atoms. The molecule has 8 heteroatoms. The van der Waals surface area contributed by atoms with Gasteiger partial charge in [-0.1, -0.05) is 24.3 Å². The number of sulfone groups is 1. The number of benzene rings is 2. The molecule has 1 N–H and O–H groups in total. The molecule has 0 radical (unpaired) electrons. The Hall–Kier alpha value is -2.74. The molecule has 0 saturated heterocycles. The fraction of sp³-hybridized carbons (Fsp3) is 0.222. The summed E-state index contributed by atoms with van der Waals surface area (Å²) in [7, 11) is -3.17. The molecule has 1 amide bonds. The van der Waals surface area contributed by atoms with Gasteiger partial charge in [0.1, 0.15) is 5.82 Å². The first-order valence-electron chi connectivity index (χ1n) is 7.69. The Kier molecular flexibility index (Phi) is 6.10. The summed E-state index contributed by atoms with van der Waals surface area (Å²) < 4.78 is 41.1. The standard InChI is InChI=1S/C18H18FNO5S/c1-12(17(21)20-16-6-4-3-5-15(16)19)25-18(22)14-9-7-13(8-10-14)11-26(2,23)24/h3-10,12H,11H2,1-2H3,(H,20,21)/t12-/m1/s1. The number of hydrogen-bond donors (Lipinski definition) is 1. The number of esters is 1. The third-order valence-corrected chi connectivity index (χ3v) is 4.26. The molecule has 0 spiro atoms. The molecule has 0 unspecified atom stereocenters. The minimum atomic E-state index is -3.17. The van der Waals surface area contributed by atoms with Gasteiger partial charge in [0.05, 0.1) is 17.0 Å². The summed E-state index contributed by atoms with van der Waals surface area (Å²) in [6.45, 7) is 1.37. The summed E-state index contributed by atoms with van der Waals surface area (Å²) in [6, 6.07) is 11.5. The Bertz CT molecular complexity index is 909. The molecule has 0 aliphatic heterocycles. The third kappa shape index (κ3) is 5.66. The highest BCUT2D eigenvalue weighted by atomic mass is 32.2. The SMILES string of the molecule is C[C@@H](OC(=O)c1ccc(CS(C)(=O)=O)cc1)C(=O)Nc1ccccc1F. The molecule has 1 atom stereocenters. The van der Waals surface area contributed by atoms with Crippen LogP contribution in [-0.2, 0) is 25.1 Å². The first-order chi connectivity index (χ1) is 12.2. The van der Waals surface area contributed by atoms with E-state index in [1.807, 2.05) is 0 Å². The van der Waals surface area contributed by atoms with Crippen LogP contribution in [0.3, 0.4) is 0 Å². The summed E-state index contributed by atoms with van der Waals surface area (Å²) in [5.74, 6) is -2.14. The van der Waals surface area contributed by atoms with Crippen molar-refractivity contribution in [2.75, 3.05) is 11.6 Å². The van der Waals surface area contributed by atoms with Crippen molar-refractivity contribution < 1.29 is 27.1 Å². The number of hydrogen-bond acceptors (Lipinski definition) is 5. The zero-order valence-corrected chi connectivity index (χ0v) is 15.0. The number of para-hydroxylation sites is 1. The van der Waals surface area contributed by atoms with Gasteiger partial charge in [-0.05, 0) is 36.8 Å². The van der Waals surface area contributed by atoms with Crippen LogP contribution in [0.1, 0.15) is 22.8 Å². The molecule has 0 fully saturated rings. The highest BCUT2D eigenvalue weighted by Crippen LogP contribution is 2.14. The molecule has 2 aromatic rings. The van der Waals surface area contributed by atoms with Gasteiger partial charge in [-0.15, -0.1) is 0 Å². The van der Waals surface area contributed by atoms with Gasteiger partial charge < -0.3 is 10.1 Å². The smallest absolute Gasteiger partial charge is 0.338 e. The van der Waals surface area contributed by atoms with E-state index in [4.69, 9.17) is 4.74 Å². The maximum Gasteiger partial charge on any atom is 0.338 e. The van der Waals surface area contributed by atoms with Gasteiger partial charge in [0, 0.05) is 6.26 Å². The lowest BCUT2D eigenvalue weighted by atomic mass is 10.1. The molecule has 0 heterocycles. The molecule has 0 bridgehead atoms. The second-order valence-corrected chi connectivity index (χ2v) is 7.92. The molecular formula is C18H18FNO5S. The molecule has 0 aliphatic carbocycles. The van der Waals surface area contributed by atoms with Crippen LogP contribution in [0.5, 0.6) is 0 Å². The zero-order valence-electron chi connectivity index (χ0n) is 14.2. The first kappa shape index (κ1) is 19.6. The highest BCUT2D eigenvalue weighted by Gasteiger charge is 2.20. The first-order valence-corrected chi connectivity index (χ1v) is 9.75. The lowest BCUT2D eigenvalue weighted by molar-refractivity contribution is -0.123. The van der Waals surface area contributed by atoms with Gasteiger partial charge in [-0.25, -0.2) is 17.6 Å². The van der Waals surface area contributed by atoms with E-state index >= 15 is 0 Å². The lowest BCUT2D eigenvalue weighted by Gasteiger charge is -2.14. The Labute approximate surface area is 150 Å². The van der Waals surface area contributed by atoms with Crippen LogP contribution in [0.15, 0.2) is 48.5 Å². The van der Waals surface area contributed by atoms with Crippen molar-refractivity contribution in [3.05, 3.63) is 65.5 Å². The van der Waals surface area contributed by atoms with Crippen LogP contribution in [0.25, 0.3) is 0 Å². The van der Waals surface area contributed by atoms with Gasteiger partial charge in [-0.2, -0.15) is 0 Å². The maximum absolute atomic E-state index is 13.5. The summed E-state index contributed by atoms with van der Waals surface area (Å²) in [4.78, 5) is 24.1. The van der Waals surface area contributed by atoms with Gasteiger partial charge in [0.2, 0.25) is 0 Å². The predicted molar refractivity (Wildman–Crippen MR) is 94.9 cm³/mol. The number of amides is 1. The van der Waals surface area contributed by atoms with Gasteiger partial charge >= 0.3 is 5.97 Å². The monoisotopic (exact) mass is 379 g/mol. The largest absolute Gasteiger partial charge is 0.449 e. The van der Waals surface area contributed by atoms with Crippen LogP contribution < -0.4 is 5.32 Å². The van der Waals surface area contributed by atoms with E-state index in [0.29, 0.717) is 5.56 Å². The van der Waals surface area contributed by atoms with Crippen molar-refractivity contribution in [2.45, 2.75) is 18.8 Å². The molecule has 0 aliphatic rings. The zero-order chi connectivity index (χ0) is 19.3. The number of nitrogens with one attached hydrogen (secondary N) is 1. The van der Waals surface area contributed by atoms with E-state index in [0.717, 1.165) is 6.26 Å². The van der Waals surface area contributed by atoms with Gasteiger partial charge in [0.15, 0.2) is 15.9 Å². The number of carbonyl (C=O) groups excluding carboxylic acids is 2. The third-order valence-electron chi connectivity index (χ3n) is 3.40. The molecular weight excluding hydrogens is 361 g/mol. The van der Waals surface area contributed by atoms with Crippen LogP contribution in [-0.4, -0.2) is 32.7 Å². The Morgan fingerprint density at radius 2 is 1.73 bits per heavy atom. The van der Waals surface area contributed by atoms with Crippen LogP contribution in [0.2, 0.25) is 0 Å². The minimum absolute atomic E-state index is 0.00877. The number of halogens is 1. The summed E-state index contributed by atoms with van der Waals surface area (Å²) in [5, 5.41) is 2.34. The maximum atomic E-state index is 13.5. The van der Waals surface area contributed by atoms with Crippen molar-refractivity contribution in [3.63, 3.8) is 0 Å². The molecule has 0 saturated carbocycles. The van der Waals surface area contributed by atoms with Crippen molar-refractivity contribution >= 4 is 27.4 Å². The van der Waals surface area contributed by atoms with E-state index < -0.39 is 33.6 Å². The molecule has 0 aromatic heterocycles. The second kappa shape index (κ2) is 8.09. The van der Waals surface area contributed by atoms with E-state index in [1.54, 1.807) is 6.07 Å². The molecule has 2 rings (SSSR count). The predicted octanol–water partition coefficient (Wildman–Crippen LogP) is 2.55. The average Bonchev–Trinajstić information content (AvgIpc) is 2.56.